The van der Waals surface area contributed by atoms with E-state index in [1.165, 1.54) is 0 Å². The summed E-state index contributed by atoms with van der Waals surface area (Å²) in [5, 5.41) is 7.17. The third-order valence-corrected chi connectivity index (χ3v) is 10.6. The van der Waals surface area contributed by atoms with E-state index >= 15 is 0 Å². The molecule has 2 N–H and O–H groups in total. The number of nitrogens with zero attached hydrogens (tertiary/aromatic N) is 5. The Kier molecular flexibility index (Phi) is 5.96. The molecule has 204 valence electrons. The zero-order chi connectivity index (χ0) is 27.4. The molecule has 0 unspecified atom stereocenters. The number of aromatic nitrogens is 4. The van der Waals surface area contributed by atoms with Crippen LogP contribution in [0.5, 0.6) is 0 Å². The van der Waals surface area contributed by atoms with E-state index in [4.69, 9.17) is 14.1 Å². The van der Waals surface area contributed by atoms with Gasteiger partial charge in [-0.15, -0.1) is 0 Å². The van der Waals surface area contributed by atoms with Gasteiger partial charge in [0.2, 0.25) is 5.71 Å². The van der Waals surface area contributed by atoms with Crippen molar-refractivity contribution in [3.8, 4) is 11.3 Å². The molecule has 0 bridgehead atoms. The first-order chi connectivity index (χ1) is 19.4. The summed E-state index contributed by atoms with van der Waals surface area (Å²) in [4.78, 5) is 28.8. The van der Waals surface area contributed by atoms with Crippen molar-refractivity contribution in [2.75, 3.05) is 44.9 Å². The first-order valence-electron chi connectivity index (χ1n) is 13.1. The molecule has 40 heavy (non-hydrogen) atoms. The molecule has 2 aliphatic heterocycles. The number of hydrogen-bond acceptors (Lipinski definition) is 9. The van der Waals surface area contributed by atoms with Gasteiger partial charge in [0, 0.05) is 42.3 Å². The molecule has 1 fully saturated rings. The Morgan fingerprint density at radius 1 is 1.10 bits per heavy atom. The van der Waals surface area contributed by atoms with Gasteiger partial charge in [-0.1, -0.05) is 6.07 Å². The Labute approximate surface area is 229 Å². The fraction of sp³-hybridized carbons (Fsp3) is 0.286. The molecule has 0 saturated carbocycles. The van der Waals surface area contributed by atoms with E-state index in [-0.39, 0.29) is 5.91 Å². The summed E-state index contributed by atoms with van der Waals surface area (Å²) in [5.41, 5.74) is 6.64. The summed E-state index contributed by atoms with van der Waals surface area (Å²) in [7, 11) is 1.36. The van der Waals surface area contributed by atoms with Crippen LogP contribution in [0.2, 0.25) is 0 Å². The number of carbonyl (C=O) groups excluding carboxylic acids is 1. The summed E-state index contributed by atoms with van der Waals surface area (Å²) in [6.45, 7) is 1.96. The molecular weight excluding hydrogens is 529 g/mol. The minimum atomic E-state index is -2.58. The lowest BCUT2D eigenvalue weighted by Crippen LogP contribution is -2.27. The molecule has 2 aliphatic rings. The van der Waals surface area contributed by atoms with E-state index in [1.54, 1.807) is 18.7 Å². The van der Waals surface area contributed by atoms with E-state index < -0.39 is 7.14 Å². The van der Waals surface area contributed by atoms with Crippen LogP contribution in [0.15, 0.2) is 53.4 Å². The second-order valence-electron chi connectivity index (χ2n) is 10.4. The summed E-state index contributed by atoms with van der Waals surface area (Å²) in [6, 6.07) is 9.53. The van der Waals surface area contributed by atoms with Crippen LogP contribution in [-0.4, -0.2) is 69.8 Å². The number of rotatable bonds is 6. The molecular formula is C28H28N7O4P. The Hall–Kier alpha value is -4.05. The standard InChI is InChI=1S/C28H28N7O4P/c1-34(2)16-20-23(40(37)11-9-38-10-12-40)5-6-24(33-20)32-19-4-3-17(18-13-30-27(36)26(18)19)22-14-29-25-15-31-28-21(35(22)25)7-8-39-28/h3-8,14-15H,9-13,16H2,1-2H3,(H,30,36)(H,32,33). The van der Waals surface area contributed by atoms with Crippen LogP contribution in [0.3, 0.4) is 0 Å². The van der Waals surface area contributed by atoms with Gasteiger partial charge in [-0.05, 0) is 37.9 Å². The van der Waals surface area contributed by atoms with Gasteiger partial charge in [-0.25, -0.2) is 15.0 Å². The maximum atomic E-state index is 13.8. The molecule has 1 aromatic carbocycles. The van der Waals surface area contributed by atoms with E-state index in [9.17, 15) is 9.36 Å². The molecule has 7 rings (SSSR count). The number of anilines is 2. The first kappa shape index (κ1) is 25.0. The zero-order valence-corrected chi connectivity index (χ0v) is 23.1. The number of amides is 1. The highest BCUT2D eigenvalue weighted by molar-refractivity contribution is 7.71. The summed E-state index contributed by atoms with van der Waals surface area (Å²) in [6.07, 6.45) is 6.12. The predicted molar refractivity (Wildman–Crippen MR) is 152 cm³/mol. The average molecular weight is 558 g/mol. The fourth-order valence-electron chi connectivity index (χ4n) is 5.64. The molecule has 6 heterocycles. The molecule has 11 nitrogen and oxygen atoms in total. The molecule has 0 radical (unpaired) electrons. The summed E-state index contributed by atoms with van der Waals surface area (Å²) >= 11 is 0. The highest BCUT2D eigenvalue weighted by Gasteiger charge is 2.32. The van der Waals surface area contributed by atoms with Gasteiger partial charge < -0.3 is 29.3 Å². The van der Waals surface area contributed by atoms with Crippen molar-refractivity contribution in [2.45, 2.75) is 13.1 Å². The number of carbonyl (C=O) groups is 1. The Bertz CT molecular complexity index is 1830. The van der Waals surface area contributed by atoms with Gasteiger partial charge in [0.25, 0.3) is 5.91 Å². The van der Waals surface area contributed by atoms with Crippen molar-refractivity contribution in [2.24, 2.45) is 0 Å². The number of fused-ring (bicyclic) bond motifs is 4. The SMILES string of the molecule is CN(C)Cc1nc(Nc2ccc(-c3cnc4cnc5occc5n34)c3c2C(=O)NC3)ccc1P1(=O)CCOCC1. The lowest BCUT2D eigenvalue weighted by molar-refractivity contribution is 0.0966. The van der Waals surface area contributed by atoms with E-state index in [1.807, 2.05) is 53.7 Å². The molecule has 5 aromatic rings. The number of ether oxygens (including phenoxy) is 1. The second kappa shape index (κ2) is 9.55. The van der Waals surface area contributed by atoms with Crippen molar-refractivity contribution in [1.82, 2.24) is 29.6 Å². The fourth-order valence-corrected chi connectivity index (χ4v) is 8.13. The minimum Gasteiger partial charge on any atom is -0.445 e. The van der Waals surface area contributed by atoms with Gasteiger partial charge in [0.1, 0.15) is 18.5 Å². The van der Waals surface area contributed by atoms with E-state index in [0.29, 0.717) is 67.1 Å². The van der Waals surface area contributed by atoms with E-state index in [2.05, 4.69) is 20.6 Å². The van der Waals surface area contributed by atoms with Gasteiger partial charge in [0.15, 0.2) is 5.65 Å². The normalized spacial score (nSPS) is 16.5. The van der Waals surface area contributed by atoms with Crippen LogP contribution in [0.4, 0.5) is 11.5 Å². The van der Waals surface area contributed by atoms with Crippen molar-refractivity contribution in [3.63, 3.8) is 0 Å². The number of pyridine rings is 1. The number of hydrogen-bond donors (Lipinski definition) is 2. The number of benzene rings is 1. The Balaban J connectivity index is 1.29. The van der Waals surface area contributed by atoms with Gasteiger partial charge >= 0.3 is 0 Å². The first-order valence-corrected chi connectivity index (χ1v) is 15.2. The molecule has 0 spiro atoms. The molecule has 1 saturated heterocycles. The van der Waals surface area contributed by atoms with Crippen molar-refractivity contribution in [1.29, 1.82) is 0 Å². The van der Waals surface area contributed by atoms with Crippen LogP contribution in [-0.2, 0) is 22.4 Å². The monoisotopic (exact) mass is 557 g/mol. The maximum Gasteiger partial charge on any atom is 0.254 e. The van der Waals surface area contributed by atoms with Crippen molar-refractivity contribution >= 4 is 46.7 Å². The second-order valence-corrected chi connectivity index (χ2v) is 13.5. The smallest absolute Gasteiger partial charge is 0.254 e. The molecule has 1 amide bonds. The average Bonchev–Trinajstić information content (AvgIpc) is 3.67. The van der Waals surface area contributed by atoms with E-state index in [0.717, 1.165) is 33.3 Å². The lowest BCUT2D eigenvalue weighted by Gasteiger charge is -2.26. The highest BCUT2D eigenvalue weighted by Crippen LogP contribution is 2.47. The number of imidazole rings is 1. The van der Waals surface area contributed by atoms with Crippen LogP contribution in [0, 0.1) is 0 Å². The van der Waals surface area contributed by atoms with Crippen molar-refractivity contribution in [3.05, 3.63) is 65.8 Å². The quantitative estimate of drug-likeness (QED) is 0.301. The van der Waals surface area contributed by atoms with Gasteiger partial charge in [-0.3, -0.25) is 9.20 Å². The highest BCUT2D eigenvalue weighted by atomic mass is 31.2. The van der Waals surface area contributed by atoms with Gasteiger partial charge in [0.05, 0.1) is 54.5 Å². The summed E-state index contributed by atoms with van der Waals surface area (Å²) < 4.78 is 26.7. The van der Waals surface area contributed by atoms with Crippen LogP contribution < -0.4 is 15.9 Å². The molecule has 0 aliphatic carbocycles. The third-order valence-electron chi connectivity index (χ3n) is 7.51. The van der Waals surface area contributed by atoms with Crippen LogP contribution in [0.25, 0.3) is 28.1 Å². The molecule has 4 aromatic heterocycles. The maximum absolute atomic E-state index is 13.8. The van der Waals surface area contributed by atoms with Gasteiger partial charge in [-0.2, -0.15) is 0 Å². The zero-order valence-electron chi connectivity index (χ0n) is 22.2. The lowest BCUT2D eigenvalue weighted by atomic mass is 9.99. The topological polar surface area (TPSA) is 127 Å². The third kappa shape index (κ3) is 4.09. The predicted octanol–water partition coefficient (Wildman–Crippen LogP) is 3.60. The van der Waals surface area contributed by atoms with Crippen molar-refractivity contribution < 1.29 is 18.5 Å². The number of nitrogens with one attached hydrogen (secondary N) is 2. The van der Waals surface area contributed by atoms with Crippen LogP contribution >= 0.6 is 7.14 Å². The Morgan fingerprint density at radius 2 is 1.95 bits per heavy atom. The number of furan rings is 1. The van der Waals surface area contributed by atoms with Crippen LogP contribution in [0.1, 0.15) is 21.6 Å². The minimum absolute atomic E-state index is 0.153. The largest absolute Gasteiger partial charge is 0.445 e. The summed E-state index contributed by atoms with van der Waals surface area (Å²) in [5.74, 6) is 0.441. The Morgan fingerprint density at radius 3 is 2.77 bits per heavy atom. The molecule has 0 atom stereocenters. The molecule has 12 heteroatoms.